The number of hydrogen-bond acceptors (Lipinski definition) is 5. The van der Waals surface area contributed by atoms with Crippen LogP contribution in [-0.4, -0.2) is 27.7 Å². The molecule has 1 aromatic carbocycles. The van der Waals surface area contributed by atoms with Crippen molar-refractivity contribution >= 4 is 23.3 Å². The second kappa shape index (κ2) is 5.70. The van der Waals surface area contributed by atoms with Crippen molar-refractivity contribution in [2.24, 2.45) is 0 Å². The minimum absolute atomic E-state index is 0.131. The highest BCUT2D eigenvalue weighted by molar-refractivity contribution is 6.30. The first kappa shape index (κ1) is 14.0. The zero-order valence-corrected chi connectivity index (χ0v) is 11.2. The van der Waals surface area contributed by atoms with Crippen LogP contribution in [0, 0.1) is 10.1 Å². The monoisotopic (exact) mass is 295 g/mol. The van der Waals surface area contributed by atoms with Crippen LogP contribution < -0.4 is 0 Å². The number of aromatic nitrogens is 2. The molecule has 2 aromatic rings. The highest BCUT2D eigenvalue weighted by atomic mass is 35.5. The number of carbonyl (C=O) groups excluding carboxylic acids is 1. The smallest absolute Gasteiger partial charge is 0.356 e. The summed E-state index contributed by atoms with van der Waals surface area (Å²) >= 11 is 5.74. The summed E-state index contributed by atoms with van der Waals surface area (Å²) in [6.45, 7) is 1.91. The summed E-state index contributed by atoms with van der Waals surface area (Å²) < 4.78 is 4.81. The molecule has 0 spiro atoms. The topological polar surface area (TPSA) is 98.1 Å². The van der Waals surface area contributed by atoms with Gasteiger partial charge >= 0.3 is 5.97 Å². The molecule has 1 N–H and O–H groups in total. The second-order valence-corrected chi connectivity index (χ2v) is 4.24. The number of ether oxygens (including phenoxy) is 1. The first-order valence-corrected chi connectivity index (χ1v) is 6.07. The van der Waals surface area contributed by atoms with Crippen molar-refractivity contribution in [2.75, 3.05) is 6.61 Å². The molecule has 8 heteroatoms. The predicted octanol–water partition coefficient (Wildman–Crippen LogP) is 2.82. The van der Waals surface area contributed by atoms with Gasteiger partial charge < -0.3 is 4.74 Å². The third kappa shape index (κ3) is 2.77. The van der Waals surface area contributed by atoms with E-state index >= 15 is 0 Å². The van der Waals surface area contributed by atoms with Crippen molar-refractivity contribution in [1.29, 1.82) is 0 Å². The maximum atomic E-state index is 11.5. The number of H-pyrrole nitrogens is 1. The van der Waals surface area contributed by atoms with E-state index < -0.39 is 10.9 Å². The Kier molecular flexibility index (Phi) is 3.99. The van der Waals surface area contributed by atoms with E-state index in [2.05, 4.69) is 10.2 Å². The van der Waals surface area contributed by atoms with Gasteiger partial charge in [-0.3, -0.25) is 15.2 Å². The quantitative estimate of drug-likeness (QED) is 0.531. The molecule has 1 heterocycles. The lowest BCUT2D eigenvalue weighted by Crippen LogP contribution is -2.04. The first-order valence-electron chi connectivity index (χ1n) is 5.69. The number of carbonyl (C=O) groups is 1. The first-order chi connectivity index (χ1) is 9.52. The molecule has 0 unspecified atom stereocenters. The Morgan fingerprint density at radius 3 is 2.90 bits per heavy atom. The number of esters is 1. The summed E-state index contributed by atoms with van der Waals surface area (Å²) in [6, 6.07) is 5.62. The number of benzene rings is 1. The Morgan fingerprint density at radius 2 is 2.25 bits per heavy atom. The molecule has 0 aliphatic carbocycles. The third-order valence-electron chi connectivity index (χ3n) is 2.51. The Morgan fingerprint density at radius 1 is 1.50 bits per heavy atom. The Labute approximate surface area is 118 Å². The van der Waals surface area contributed by atoms with Crippen molar-refractivity contribution in [3.05, 3.63) is 45.1 Å². The molecule has 2 rings (SSSR count). The van der Waals surface area contributed by atoms with Crippen LogP contribution in [0.3, 0.4) is 0 Å². The van der Waals surface area contributed by atoms with Gasteiger partial charge in [0.2, 0.25) is 0 Å². The number of hydrogen-bond donors (Lipinski definition) is 1. The minimum Gasteiger partial charge on any atom is -0.461 e. The maximum absolute atomic E-state index is 11.5. The summed E-state index contributed by atoms with van der Waals surface area (Å²) in [4.78, 5) is 22.0. The van der Waals surface area contributed by atoms with E-state index in [1.54, 1.807) is 6.92 Å². The highest BCUT2D eigenvalue weighted by Gasteiger charge is 2.20. The van der Waals surface area contributed by atoms with E-state index in [4.69, 9.17) is 16.3 Å². The lowest BCUT2D eigenvalue weighted by atomic mass is 10.1. The molecule has 0 aliphatic rings. The van der Waals surface area contributed by atoms with Gasteiger partial charge in [0.25, 0.3) is 5.69 Å². The summed E-state index contributed by atoms with van der Waals surface area (Å²) in [5, 5.41) is 17.6. The molecule has 104 valence electrons. The molecule has 0 amide bonds. The third-order valence-corrected chi connectivity index (χ3v) is 2.74. The summed E-state index contributed by atoms with van der Waals surface area (Å²) in [7, 11) is 0. The normalized spacial score (nSPS) is 10.3. The van der Waals surface area contributed by atoms with Gasteiger partial charge in [0.1, 0.15) is 5.69 Å². The van der Waals surface area contributed by atoms with E-state index in [-0.39, 0.29) is 34.3 Å². The molecule has 0 bridgehead atoms. The molecule has 0 saturated heterocycles. The van der Waals surface area contributed by atoms with E-state index in [0.29, 0.717) is 0 Å². The molecule has 0 atom stereocenters. The molecule has 0 aliphatic heterocycles. The number of nitro groups is 1. The Hall–Kier alpha value is -2.41. The lowest BCUT2D eigenvalue weighted by Gasteiger charge is -1.99. The number of nitrogens with zero attached hydrogens (tertiary/aromatic N) is 2. The summed E-state index contributed by atoms with van der Waals surface area (Å²) in [5.41, 5.74) is 0.494. The zero-order chi connectivity index (χ0) is 14.7. The fourth-order valence-corrected chi connectivity index (χ4v) is 1.81. The number of aromatic amines is 1. The minimum atomic E-state index is -0.567. The molecular formula is C12H10ClN3O4. The van der Waals surface area contributed by atoms with Crippen LogP contribution in [0.5, 0.6) is 0 Å². The molecule has 0 radical (unpaired) electrons. The van der Waals surface area contributed by atoms with Gasteiger partial charge in [-0.25, -0.2) is 4.79 Å². The van der Waals surface area contributed by atoms with Crippen LogP contribution in [0.25, 0.3) is 11.3 Å². The molecule has 1 aromatic heterocycles. The average molecular weight is 296 g/mol. The van der Waals surface area contributed by atoms with Crippen LogP contribution in [0.15, 0.2) is 24.3 Å². The van der Waals surface area contributed by atoms with E-state index in [9.17, 15) is 14.9 Å². The Balaban J connectivity index is 2.42. The molecule has 20 heavy (non-hydrogen) atoms. The fourth-order valence-electron chi connectivity index (χ4n) is 1.65. The molecular weight excluding hydrogens is 286 g/mol. The standard InChI is InChI=1S/C12H10ClN3O4/c1-2-20-12(17)10-6-9(14-15-10)8-4-3-7(13)5-11(8)16(18)19/h3-6H,2H2,1H3,(H,14,15). The highest BCUT2D eigenvalue weighted by Crippen LogP contribution is 2.31. The molecule has 0 saturated carbocycles. The number of halogens is 1. The van der Waals surface area contributed by atoms with Crippen molar-refractivity contribution in [2.45, 2.75) is 6.92 Å². The summed E-state index contributed by atoms with van der Waals surface area (Å²) in [6.07, 6.45) is 0. The molecule has 7 nitrogen and oxygen atoms in total. The number of nitro benzene ring substituents is 1. The van der Waals surface area contributed by atoms with Gasteiger partial charge in [-0.1, -0.05) is 11.6 Å². The van der Waals surface area contributed by atoms with Crippen LogP contribution in [0.4, 0.5) is 5.69 Å². The fraction of sp³-hybridized carbons (Fsp3) is 0.167. The van der Waals surface area contributed by atoms with E-state index in [1.807, 2.05) is 0 Å². The van der Waals surface area contributed by atoms with Crippen molar-refractivity contribution in [1.82, 2.24) is 10.2 Å². The lowest BCUT2D eigenvalue weighted by molar-refractivity contribution is -0.384. The van der Waals surface area contributed by atoms with Gasteiger partial charge in [0.05, 0.1) is 22.8 Å². The van der Waals surface area contributed by atoms with Crippen molar-refractivity contribution in [3.63, 3.8) is 0 Å². The van der Waals surface area contributed by atoms with Gasteiger partial charge in [0, 0.05) is 11.1 Å². The Bertz CT molecular complexity index is 668. The zero-order valence-electron chi connectivity index (χ0n) is 10.4. The van der Waals surface area contributed by atoms with Gasteiger partial charge in [-0.2, -0.15) is 5.10 Å². The summed E-state index contributed by atoms with van der Waals surface area (Å²) in [5.74, 6) is -0.567. The number of rotatable bonds is 4. The van der Waals surface area contributed by atoms with E-state index in [1.165, 1.54) is 24.3 Å². The maximum Gasteiger partial charge on any atom is 0.356 e. The van der Waals surface area contributed by atoms with E-state index in [0.717, 1.165) is 0 Å². The number of nitrogens with one attached hydrogen (secondary N) is 1. The SMILES string of the molecule is CCOC(=O)c1cc(-c2ccc(Cl)cc2[N+](=O)[O-])n[nH]1. The van der Waals surface area contributed by atoms with Crippen LogP contribution in [-0.2, 0) is 4.74 Å². The van der Waals surface area contributed by atoms with Crippen molar-refractivity contribution in [3.8, 4) is 11.3 Å². The molecule has 0 fully saturated rings. The van der Waals surface area contributed by atoms with Gasteiger partial charge in [-0.15, -0.1) is 0 Å². The van der Waals surface area contributed by atoms with Crippen LogP contribution >= 0.6 is 11.6 Å². The predicted molar refractivity (Wildman–Crippen MR) is 71.6 cm³/mol. The van der Waals surface area contributed by atoms with Crippen molar-refractivity contribution < 1.29 is 14.5 Å². The second-order valence-electron chi connectivity index (χ2n) is 3.81. The van der Waals surface area contributed by atoms with Crippen LogP contribution in [0.1, 0.15) is 17.4 Å². The average Bonchev–Trinajstić information content (AvgIpc) is 2.88. The van der Waals surface area contributed by atoms with Crippen LogP contribution in [0.2, 0.25) is 5.02 Å². The largest absolute Gasteiger partial charge is 0.461 e. The van der Waals surface area contributed by atoms with Gasteiger partial charge in [0.15, 0.2) is 0 Å². The van der Waals surface area contributed by atoms with Gasteiger partial charge in [-0.05, 0) is 25.1 Å².